The second-order valence-corrected chi connectivity index (χ2v) is 12.4. The lowest BCUT2D eigenvalue weighted by Gasteiger charge is -2.56. The molecule has 2 aromatic carbocycles. The van der Waals surface area contributed by atoms with E-state index in [0.717, 1.165) is 38.5 Å². The van der Waals surface area contributed by atoms with E-state index in [1.54, 1.807) is 48.5 Å². The van der Waals surface area contributed by atoms with E-state index in [2.05, 4.69) is 0 Å². The largest absolute Gasteiger partial charge is 0.298 e. The van der Waals surface area contributed by atoms with Gasteiger partial charge in [-0.15, -0.1) is 0 Å². The molecule has 0 amide bonds. The van der Waals surface area contributed by atoms with Crippen molar-refractivity contribution in [2.75, 3.05) is 6.54 Å². The normalized spacial score (nSPS) is 30.0. The Kier molecular flexibility index (Phi) is 5.63. The molecule has 4 saturated carbocycles. The molecule has 4 fully saturated rings. The Morgan fingerprint density at radius 2 is 1.39 bits per heavy atom. The molecule has 2 aromatic rings. The number of ketones is 1. The fourth-order valence-corrected chi connectivity index (χ4v) is 9.28. The van der Waals surface area contributed by atoms with Crippen molar-refractivity contribution in [2.45, 2.75) is 54.6 Å². The summed E-state index contributed by atoms with van der Waals surface area (Å²) in [4.78, 5) is 25.7. The Morgan fingerprint density at radius 3 is 1.88 bits per heavy atom. The Balaban J connectivity index is 1.64. The Labute approximate surface area is 194 Å². The average Bonchev–Trinajstić information content (AvgIpc) is 2.78. The van der Waals surface area contributed by atoms with Crippen LogP contribution in [0.2, 0.25) is 0 Å². The molecule has 0 heterocycles. The second kappa shape index (κ2) is 8.35. The van der Waals surface area contributed by atoms with Crippen molar-refractivity contribution in [1.29, 1.82) is 0 Å². The van der Waals surface area contributed by atoms with Crippen molar-refractivity contribution in [3.05, 3.63) is 76.3 Å². The van der Waals surface area contributed by atoms with Crippen LogP contribution >= 0.6 is 0 Å². The molecule has 0 aromatic heterocycles. The maximum atomic E-state index is 14.4. The third-order valence-corrected chi connectivity index (χ3v) is 10.3. The third-order valence-electron chi connectivity index (χ3n) is 8.16. The summed E-state index contributed by atoms with van der Waals surface area (Å²) >= 11 is 0. The number of nitro groups is 1. The predicted molar refractivity (Wildman–Crippen MR) is 124 cm³/mol. The summed E-state index contributed by atoms with van der Waals surface area (Å²) in [5.74, 6) is 0.0657. The molecule has 0 N–H and O–H groups in total. The number of hydrogen-bond donors (Lipinski definition) is 0. The lowest BCUT2D eigenvalue weighted by atomic mass is 9.48. The highest BCUT2D eigenvalue weighted by Gasteiger charge is 2.59. The van der Waals surface area contributed by atoms with E-state index < -0.39 is 37.9 Å². The quantitative estimate of drug-likeness (QED) is 0.415. The lowest BCUT2D eigenvalue weighted by Crippen LogP contribution is -2.55. The summed E-state index contributed by atoms with van der Waals surface area (Å²) in [6, 6.07) is 16.6. The van der Waals surface area contributed by atoms with Gasteiger partial charge in [0.15, 0.2) is 15.6 Å². The van der Waals surface area contributed by atoms with Gasteiger partial charge in [0.2, 0.25) is 6.54 Å². The molecule has 0 saturated heterocycles. The van der Waals surface area contributed by atoms with Gasteiger partial charge in [-0.25, -0.2) is 8.42 Å². The van der Waals surface area contributed by atoms with Crippen molar-refractivity contribution in [3.63, 3.8) is 0 Å². The number of nitrogens with zero attached hydrogens (tertiary/aromatic N) is 1. The highest BCUT2D eigenvalue weighted by Crippen LogP contribution is 2.61. The number of benzene rings is 2. The van der Waals surface area contributed by atoms with Gasteiger partial charge in [-0.3, -0.25) is 14.9 Å². The minimum absolute atomic E-state index is 0.0531. The number of carbonyl (C=O) groups is 1. The van der Waals surface area contributed by atoms with Gasteiger partial charge in [0, 0.05) is 10.3 Å². The van der Waals surface area contributed by atoms with Crippen LogP contribution in [0.15, 0.2) is 65.6 Å². The van der Waals surface area contributed by atoms with Crippen molar-refractivity contribution < 1.29 is 18.1 Å². The first-order valence-electron chi connectivity index (χ1n) is 11.8. The van der Waals surface area contributed by atoms with Crippen LogP contribution in [0.25, 0.3) is 0 Å². The Morgan fingerprint density at radius 1 is 0.909 bits per heavy atom. The summed E-state index contributed by atoms with van der Waals surface area (Å²) in [5.41, 5.74) is -0.151. The smallest absolute Gasteiger partial charge is 0.212 e. The van der Waals surface area contributed by atoms with Gasteiger partial charge in [-0.1, -0.05) is 48.5 Å². The maximum absolute atomic E-state index is 14.4. The Hall–Kier alpha value is -2.54. The lowest BCUT2D eigenvalue weighted by molar-refractivity contribution is -0.483. The number of carbonyl (C=O) groups excluding carboxylic acids is 1. The Bertz CT molecular complexity index is 1110. The van der Waals surface area contributed by atoms with Crippen LogP contribution in [0.5, 0.6) is 0 Å². The zero-order chi connectivity index (χ0) is 23.2. The molecule has 0 radical (unpaired) electrons. The summed E-state index contributed by atoms with van der Waals surface area (Å²) < 4.78 is 28.0. The van der Waals surface area contributed by atoms with E-state index in [-0.39, 0.29) is 10.7 Å². The van der Waals surface area contributed by atoms with Crippen LogP contribution in [0.1, 0.15) is 50.0 Å². The van der Waals surface area contributed by atoms with E-state index >= 15 is 0 Å². The van der Waals surface area contributed by atoms with Crippen molar-refractivity contribution >= 4 is 15.6 Å². The second-order valence-electron chi connectivity index (χ2n) is 10.4. The van der Waals surface area contributed by atoms with Gasteiger partial charge in [-0.05, 0) is 74.0 Å². The number of Topliss-reactive ketones (excluding diaryl/α,β-unsaturated/α-hetero) is 1. The van der Waals surface area contributed by atoms with Crippen molar-refractivity contribution in [2.24, 2.45) is 23.2 Å². The van der Waals surface area contributed by atoms with Gasteiger partial charge in [-0.2, -0.15) is 0 Å². The minimum Gasteiger partial charge on any atom is -0.298 e. The van der Waals surface area contributed by atoms with Crippen LogP contribution in [-0.4, -0.2) is 30.9 Å². The summed E-state index contributed by atoms with van der Waals surface area (Å²) in [7, 11) is -4.14. The van der Waals surface area contributed by atoms with E-state index in [9.17, 15) is 23.3 Å². The zero-order valence-electron chi connectivity index (χ0n) is 18.5. The summed E-state index contributed by atoms with van der Waals surface area (Å²) in [5, 5.41) is 10.3. The molecular weight excluding hydrogens is 438 g/mol. The zero-order valence-corrected chi connectivity index (χ0v) is 19.3. The predicted octanol–water partition coefficient (Wildman–Crippen LogP) is 4.67. The standard InChI is InChI=1S/C26H29NO5S/c28-25(26-14-18-11-19(15-26)13-20(12-18)16-26)24(33(31,32)22-9-5-2-6-10-22)23(17-27(29)30)21-7-3-1-4-8-21/h1-10,18-20,23-24H,11-17H2/t18?,19?,20?,23-,24-,26?/m1/s1. The number of sulfone groups is 1. The molecule has 0 unspecified atom stereocenters. The van der Waals surface area contributed by atoms with Crippen LogP contribution in [-0.2, 0) is 14.6 Å². The molecule has 6 rings (SSSR count). The minimum atomic E-state index is -4.14. The van der Waals surface area contributed by atoms with Crippen molar-refractivity contribution in [1.82, 2.24) is 0 Å². The molecule has 7 heteroatoms. The molecular formula is C26H29NO5S. The van der Waals surface area contributed by atoms with Gasteiger partial charge in [0.1, 0.15) is 5.25 Å². The summed E-state index contributed by atoms with van der Waals surface area (Å²) in [6.45, 7) is -0.598. The molecule has 4 aliphatic rings. The van der Waals surface area contributed by atoms with Crippen LogP contribution in [0.4, 0.5) is 0 Å². The van der Waals surface area contributed by atoms with Gasteiger partial charge in [0.25, 0.3) is 0 Å². The molecule has 0 spiro atoms. The highest BCUT2D eigenvalue weighted by atomic mass is 32.2. The van der Waals surface area contributed by atoms with E-state index in [1.165, 1.54) is 12.1 Å². The van der Waals surface area contributed by atoms with E-state index in [1.807, 2.05) is 0 Å². The molecule has 6 nitrogen and oxygen atoms in total. The van der Waals surface area contributed by atoms with Gasteiger partial charge < -0.3 is 0 Å². The molecule has 2 atom stereocenters. The third kappa shape index (κ3) is 4.01. The fourth-order valence-electron chi connectivity index (χ4n) is 7.25. The first kappa shape index (κ1) is 22.3. The SMILES string of the molecule is O=C([C@@H]([C@H](C[N+](=O)[O-])c1ccccc1)S(=O)(=O)c1ccccc1)C12CC3CC(CC(C3)C1)C2. The van der Waals surface area contributed by atoms with E-state index in [0.29, 0.717) is 23.3 Å². The van der Waals surface area contributed by atoms with Crippen LogP contribution in [0, 0.1) is 33.3 Å². The van der Waals surface area contributed by atoms with Crippen LogP contribution in [0.3, 0.4) is 0 Å². The molecule has 0 aliphatic heterocycles. The van der Waals surface area contributed by atoms with Crippen molar-refractivity contribution in [3.8, 4) is 0 Å². The number of hydrogen-bond acceptors (Lipinski definition) is 5. The first-order valence-corrected chi connectivity index (χ1v) is 13.3. The topological polar surface area (TPSA) is 94.3 Å². The maximum Gasteiger partial charge on any atom is 0.212 e. The van der Waals surface area contributed by atoms with Gasteiger partial charge >= 0.3 is 0 Å². The highest BCUT2D eigenvalue weighted by molar-refractivity contribution is 7.92. The number of rotatable bonds is 8. The molecule has 4 aliphatic carbocycles. The first-order chi connectivity index (χ1) is 15.8. The fraction of sp³-hybridized carbons (Fsp3) is 0.500. The molecule has 33 heavy (non-hydrogen) atoms. The molecule has 174 valence electrons. The average molecular weight is 468 g/mol. The van der Waals surface area contributed by atoms with Gasteiger partial charge in [0.05, 0.1) is 10.8 Å². The van der Waals surface area contributed by atoms with Crippen LogP contribution < -0.4 is 0 Å². The summed E-state index contributed by atoms with van der Waals surface area (Å²) in [6.07, 6.45) is 5.54. The monoisotopic (exact) mass is 467 g/mol. The molecule has 4 bridgehead atoms. The van der Waals surface area contributed by atoms with E-state index in [4.69, 9.17) is 0 Å².